The van der Waals surface area contributed by atoms with Crippen LogP contribution in [0, 0.1) is 0 Å². The molecule has 3 rings (SSSR count). The molecule has 0 unspecified atom stereocenters. The number of nitrogens with one attached hydrogen (secondary N) is 1. The number of amides is 1. The summed E-state index contributed by atoms with van der Waals surface area (Å²) in [6.45, 7) is 3.78. The van der Waals surface area contributed by atoms with E-state index < -0.39 is 0 Å². The van der Waals surface area contributed by atoms with Crippen molar-refractivity contribution >= 4 is 17.1 Å². The van der Waals surface area contributed by atoms with Gasteiger partial charge in [-0.05, 0) is 32.4 Å². The number of hydrogen-bond donors (Lipinski definition) is 2. The molecule has 2 aromatic rings. The molecule has 1 amide bonds. The summed E-state index contributed by atoms with van der Waals surface area (Å²) in [5, 5.41) is 12.9. The van der Waals surface area contributed by atoms with E-state index in [2.05, 4.69) is 10.3 Å². The highest BCUT2D eigenvalue weighted by Crippen LogP contribution is 2.30. The fraction of sp³-hybridized carbons (Fsp3) is 0.333. The lowest BCUT2D eigenvalue weighted by atomic mass is 9.97. The molecule has 0 bridgehead atoms. The molecule has 0 saturated carbocycles. The SMILES string of the molecule is CC(C)NC(=O)C1=C(O)CCc2c1nc1ccccn21. The summed E-state index contributed by atoms with van der Waals surface area (Å²) >= 11 is 0. The predicted molar refractivity (Wildman–Crippen MR) is 76.3 cm³/mol. The van der Waals surface area contributed by atoms with Crippen LogP contribution in [0.4, 0.5) is 0 Å². The van der Waals surface area contributed by atoms with E-state index in [-0.39, 0.29) is 17.7 Å². The van der Waals surface area contributed by atoms with Crippen molar-refractivity contribution < 1.29 is 9.90 Å². The summed E-state index contributed by atoms with van der Waals surface area (Å²) in [5.41, 5.74) is 2.68. The molecule has 0 saturated heterocycles. The minimum atomic E-state index is -0.262. The fourth-order valence-electron chi connectivity index (χ4n) is 2.56. The lowest BCUT2D eigenvalue weighted by molar-refractivity contribution is -0.116. The third kappa shape index (κ3) is 1.95. The molecule has 0 atom stereocenters. The maximum Gasteiger partial charge on any atom is 0.257 e. The van der Waals surface area contributed by atoms with Gasteiger partial charge in [0.25, 0.3) is 5.91 Å². The van der Waals surface area contributed by atoms with Gasteiger partial charge in [-0.3, -0.25) is 4.79 Å². The van der Waals surface area contributed by atoms with Crippen molar-refractivity contribution in [1.82, 2.24) is 14.7 Å². The first-order chi connectivity index (χ1) is 9.58. The van der Waals surface area contributed by atoms with Crippen LogP contribution < -0.4 is 5.32 Å². The van der Waals surface area contributed by atoms with Gasteiger partial charge in [-0.25, -0.2) is 4.98 Å². The molecule has 0 radical (unpaired) electrons. The minimum absolute atomic E-state index is 0.0187. The first kappa shape index (κ1) is 12.7. The van der Waals surface area contributed by atoms with Crippen LogP contribution in [0.3, 0.4) is 0 Å². The molecule has 2 aromatic heterocycles. The largest absolute Gasteiger partial charge is 0.511 e. The van der Waals surface area contributed by atoms with Crippen molar-refractivity contribution in [2.24, 2.45) is 0 Å². The maximum atomic E-state index is 12.3. The van der Waals surface area contributed by atoms with Gasteiger partial charge in [0.05, 0.1) is 5.69 Å². The third-order valence-electron chi connectivity index (χ3n) is 3.40. The first-order valence-corrected chi connectivity index (χ1v) is 6.77. The highest BCUT2D eigenvalue weighted by Gasteiger charge is 2.28. The Labute approximate surface area is 116 Å². The average Bonchev–Trinajstić information content (AvgIpc) is 2.75. The Kier molecular flexibility index (Phi) is 2.97. The molecule has 0 fully saturated rings. The van der Waals surface area contributed by atoms with E-state index in [4.69, 9.17) is 0 Å². The number of aryl methyl sites for hydroxylation is 1. The molecule has 2 N–H and O–H groups in total. The van der Waals surface area contributed by atoms with E-state index in [1.54, 1.807) is 0 Å². The van der Waals surface area contributed by atoms with Crippen LogP contribution in [0.5, 0.6) is 0 Å². The zero-order valence-electron chi connectivity index (χ0n) is 11.6. The molecule has 5 nitrogen and oxygen atoms in total. The van der Waals surface area contributed by atoms with Gasteiger partial charge in [0.1, 0.15) is 22.7 Å². The van der Waals surface area contributed by atoms with Gasteiger partial charge in [0.15, 0.2) is 0 Å². The van der Waals surface area contributed by atoms with Crippen LogP contribution in [-0.4, -0.2) is 26.4 Å². The monoisotopic (exact) mass is 271 g/mol. The molecular weight excluding hydrogens is 254 g/mol. The second kappa shape index (κ2) is 4.67. The summed E-state index contributed by atoms with van der Waals surface area (Å²) in [6, 6.07) is 5.75. The number of allylic oxidation sites excluding steroid dienone is 1. The number of carbonyl (C=O) groups excluding carboxylic acids is 1. The van der Waals surface area contributed by atoms with Crippen molar-refractivity contribution in [3.63, 3.8) is 0 Å². The van der Waals surface area contributed by atoms with Crippen LogP contribution in [0.25, 0.3) is 11.2 Å². The molecule has 0 aromatic carbocycles. The van der Waals surface area contributed by atoms with Gasteiger partial charge in [0.2, 0.25) is 0 Å². The molecule has 2 heterocycles. The second-order valence-electron chi connectivity index (χ2n) is 5.29. The fourth-order valence-corrected chi connectivity index (χ4v) is 2.56. The van der Waals surface area contributed by atoms with Crippen LogP contribution in [0.15, 0.2) is 30.2 Å². The Morgan fingerprint density at radius 1 is 1.40 bits per heavy atom. The Morgan fingerprint density at radius 2 is 2.20 bits per heavy atom. The molecule has 20 heavy (non-hydrogen) atoms. The van der Waals surface area contributed by atoms with Crippen molar-refractivity contribution in [3.8, 4) is 0 Å². The molecule has 1 aliphatic carbocycles. The minimum Gasteiger partial charge on any atom is -0.511 e. The Morgan fingerprint density at radius 3 is 2.95 bits per heavy atom. The molecule has 5 heteroatoms. The average molecular weight is 271 g/mol. The Hall–Kier alpha value is -2.30. The van der Waals surface area contributed by atoms with Crippen molar-refractivity contribution in [1.29, 1.82) is 0 Å². The molecule has 0 spiro atoms. The predicted octanol–water partition coefficient (Wildman–Crippen LogP) is 2.07. The lowest BCUT2D eigenvalue weighted by Gasteiger charge is -2.17. The standard InChI is InChI=1S/C15H17N3O2/c1-9(2)16-15(20)13-11(19)7-6-10-14(13)17-12-5-3-4-8-18(10)12/h3-5,8-9,19H,6-7H2,1-2H3,(H,16,20). The summed E-state index contributed by atoms with van der Waals surface area (Å²) in [4.78, 5) is 16.8. The summed E-state index contributed by atoms with van der Waals surface area (Å²) in [7, 11) is 0. The number of pyridine rings is 1. The molecule has 1 aliphatic rings. The van der Waals surface area contributed by atoms with Gasteiger partial charge in [-0.15, -0.1) is 0 Å². The van der Waals surface area contributed by atoms with E-state index in [0.29, 0.717) is 24.1 Å². The number of carbonyl (C=O) groups is 1. The number of imidazole rings is 1. The van der Waals surface area contributed by atoms with E-state index >= 15 is 0 Å². The number of fused-ring (bicyclic) bond motifs is 3. The van der Waals surface area contributed by atoms with E-state index in [1.807, 2.05) is 42.6 Å². The van der Waals surface area contributed by atoms with Crippen LogP contribution in [-0.2, 0) is 11.2 Å². The Balaban J connectivity index is 2.14. The number of aliphatic hydroxyl groups excluding tert-OH is 1. The van der Waals surface area contributed by atoms with Crippen LogP contribution in [0.2, 0.25) is 0 Å². The van der Waals surface area contributed by atoms with Gasteiger partial charge < -0.3 is 14.8 Å². The lowest BCUT2D eigenvalue weighted by Crippen LogP contribution is -2.32. The van der Waals surface area contributed by atoms with E-state index in [1.165, 1.54) is 0 Å². The van der Waals surface area contributed by atoms with Crippen molar-refractivity contribution in [3.05, 3.63) is 41.5 Å². The zero-order valence-corrected chi connectivity index (χ0v) is 11.6. The highest BCUT2D eigenvalue weighted by atomic mass is 16.3. The number of aliphatic hydroxyl groups is 1. The second-order valence-corrected chi connectivity index (χ2v) is 5.29. The number of aromatic nitrogens is 2. The molecular formula is C15H17N3O2. The van der Waals surface area contributed by atoms with E-state index in [0.717, 1.165) is 11.3 Å². The quantitative estimate of drug-likeness (QED) is 0.878. The smallest absolute Gasteiger partial charge is 0.257 e. The molecule has 0 aliphatic heterocycles. The van der Waals surface area contributed by atoms with Gasteiger partial charge in [-0.2, -0.15) is 0 Å². The normalized spacial score (nSPS) is 14.8. The van der Waals surface area contributed by atoms with E-state index in [9.17, 15) is 9.90 Å². The van der Waals surface area contributed by atoms with Gasteiger partial charge in [0, 0.05) is 18.7 Å². The van der Waals surface area contributed by atoms with Crippen LogP contribution >= 0.6 is 0 Å². The maximum absolute atomic E-state index is 12.3. The third-order valence-corrected chi connectivity index (χ3v) is 3.40. The summed E-state index contributed by atoms with van der Waals surface area (Å²) in [6.07, 6.45) is 3.09. The van der Waals surface area contributed by atoms with Crippen molar-refractivity contribution in [2.45, 2.75) is 32.7 Å². The van der Waals surface area contributed by atoms with Gasteiger partial charge in [-0.1, -0.05) is 6.07 Å². The van der Waals surface area contributed by atoms with Crippen molar-refractivity contribution in [2.75, 3.05) is 0 Å². The Bertz CT molecular complexity index is 713. The zero-order chi connectivity index (χ0) is 14.3. The van der Waals surface area contributed by atoms with Gasteiger partial charge >= 0.3 is 0 Å². The molecule has 104 valence electrons. The summed E-state index contributed by atoms with van der Waals surface area (Å²) in [5.74, 6) is -0.138. The summed E-state index contributed by atoms with van der Waals surface area (Å²) < 4.78 is 1.98. The van der Waals surface area contributed by atoms with Crippen LogP contribution in [0.1, 0.15) is 31.7 Å². The number of rotatable bonds is 2. The number of hydrogen-bond acceptors (Lipinski definition) is 3. The highest BCUT2D eigenvalue weighted by molar-refractivity contribution is 6.20. The topological polar surface area (TPSA) is 66.6 Å². The first-order valence-electron chi connectivity index (χ1n) is 6.77. The number of nitrogens with zero attached hydrogens (tertiary/aromatic N) is 2.